The number of hydrogen-bond acceptors (Lipinski definition) is 6. The highest BCUT2D eigenvalue weighted by Crippen LogP contribution is 2.21. The van der Waals surface area contributed by atoms with Crippen molar-refractivity contribution in [3.63, 3.8) is 0 Å². The molecular weight excluding hydrogens is 307 g/mol. The molecule has 0 atom stereocenters. The first-order valence-electron chi connectivity index (χ1n) is 6.63. The topological polar surface area (TPSA) is 76.1 Å². The quantitative estimate of drug-likeness (QED) is 0.898. The molecule has 1 amide bonds. The van der Waals surface area contributed by atoms with Crippen LogP contribution in [0.3, 0.4) is 0 Å². The van der Waals surface area contributed by atoms with Gasteiger partial charge in [0, 0.05) is 11.1 Å². The number of hydrogen-bond donors (Lipinski definition) is 2. The Morgan fingerprint density at radius 2 is 2.18 bits per heavy atom. The molecule has 2 aromatic rings. The Morgan fingerprint density at radius 1 is 1.41 bits per heavy atom. The summed E-state index contributed by atoms with van der Waals surface area (Å²) in [7, 11) is 0. The maximum Gasteiger partial charge on any atom is 0.412 e. The third-order valence-electron chi connectivity index (χ3n) is 2.48. The van der Waals surface area contributed by atoms with Gasteiger partial charge in [-0.2, -0.15) is 0 Å². The number of aromatic nitrogens is 2. The lowest BCUT2D eigenvalue weighted by atomic mass is 10.2. The second kappa shape index (κ2) is 6.69. The molecule has 1 aromatic heterocycles. The van der Waals surface area contributed by atoms with Crippen LogP contribution in [-0.2, 0) is 11.3 Å². The van der Waals surface area contributed by atoms with Crippen LogP contribution in [0.1, 0.15) is 26.5 Å². The summed E-state index contributed by atoms with van der Waals surface area (Å²) in [4.78, 5) is 11.7. The summed E-state index contributed by atoms with van der Waals surface area (Å²) in [6.07, 6.45) is -0.702. The van der Waals surface area contributed by atoms with Crippen LogP contribution < -0.4 is 10.6 Å². The second-order valence-corrected chi connectivity index (χ2v) is 6.18. The number of nitrogens with one attached hydrogen (secondary N) is 2. The predicted octanol–water partition coefficient (Wildman–Crippen LogP) is 3.64. The first kappa shape index (κ1) is 16.2. The Balaban J connectivity index is 2.01. The zero-order chi connectivity index (χ0) is 16.2. The monoisotopic (exact) mass is 324 g/mol. The molecule has 8 heteroatoms. The molecule has 118 valence electrons. The van der Waals surface area contributed by atoms with E-state index in [9.17, 15) is 9.18 Å². The number of anilines is 2. The fraction of sp³-hybridized carbons (Fsp3) is 0.357. The van der Waals surface area contributed by atoms with Crippen LogP contribution in [0.5, 0.6) is 0 Å². The van der Waals surface area contributed by atoms with Gasteiger partial charge in [-0.1, -0.05) is 4.49 Å². The number of halogens is 1. The van der Waals surface area contributed by atoms with Crippen LogP contribution in [0.2, 0.25) is 0 Å². The van der Waals surface area contributed by atoms with Gasteiger partial charge in [-0.3, -0.25) is 5.32 Å². The minimum absolute atomic E-state index is 0.0515. The van der Waals surface area contributed by atoms with Crippen molar-refractivity contribution in [1.29, 1.82) is 0 Å². The summed E-state index contributed by atoms with van der Waals surface area (Å²) in [6, 6.07) is 4.35. The van der Waals surface area contributed by atoms with Gasteiger partial charge >= 0.3 is 6.09 Å². The molecule has 0 aliphatic rings. The third kappa shape index (κ3) is 4.96. The number of benzene rings is 1. The molecule has 0 aliphatic carbocycles. The fourth-order valence-corrected chi connectivity index (χ4v) is 2.05. The Hall–Kier alpha value is -2.22. The third-order valence-corrected chi connectivity index (χ3v) is 3.03. The SMILES string of the molecule is CC(C)(C)OC(=O)Nc1cc(NCc2csnn2)ccc1F. The van der Waals surface area contributed by atoms with Gasteiger partial charge in [0.2, 0.25) is 0 Å². The van der Waals surface area contributed by atoms with Crippen molar-refractivity contribution in [3.05, 3.63) is 35.1 Å². The average molecular weight is 324 g/mol. The Bertz CT molecular complexity index is 641. The van der Waals surface area contributed by atoms with E-state index in [2.05, 4.69) is 20.2 Å². The number of amides is 1. The molecule has 22 heavy (non-hydrogen) atoms. The van der Waals surface area contributed by atoms with Crippen LogP contribution in [0.15, 0.2) is 23.6 Å². The van der Waals surface area contributed by atoms with E-state index in [1.807, 2.05) is 5.38 Å². The van der Waals surface area contributed by atoms with Gasteiger partial charge in [0.25, 0.3) is 0 Å². The van der Waals surface area contributed by atoms with Crippen molar-refractivity contribution in [2.45, 2.75) is 32.9 Å². The zero-order valence-electron chi connectivity index (χ0n) is 12.5. The molecule has 0 aliphatic heterocycles. The number of carbonyl (C=O) groups excluding carboxylic acids is 1. The fourth-order valence-electron chi connectivity index (χ4n) is 1.60. The standard InChI is InChI=1S/C14H17FN4O2S/c1-14(2,3)21-13(20)17-12-6-9(4-5-11(12)15)16-7-10-8-22-19-18-10/h4-6,8,16H,7H2,1-3H3,(H,17,20). The second-order valence-electron chi connectivity index (χ2n) is 5.57. The highest BCUT2D eigenvalue weighted by molar-refractivity contribution is 7.03. The largest absolute Gasteiger partial charge is 0.444 e. The Kier molecular flexibility index (Phi) is 4.92. The van der Waals surface area contributed by atoms with Crippen molar-refractivity contribution in [1.82, 2.24) is 9.59 Å². The van der Waals surface area contributed by atoms with Crippen molar-refractivity contribution in [2.24, 2.45) is 0 Å². The van der Waals surface area contributed by atoms with Gasteiger partial charge in [0.1, 0.15) is 11.4 Å². The van der Waals surface area contributed by atoms with Crippen LogP contribution >= 0.6 is 11.5 Å². The smallest absolute Gasteiger partial charge is 0.412 e. The van der Waals surface area contributed by atoms with Crippen LogP contribution in [0.25, 0.3) is 0 Å². The molecule has 6 nitrogen and oxygen atoms in total. The van der Waals surface area contributed by atoms with Crippen molar-refractivity contribution in [3.8, 4) is 0 Å². The maximum absolute atomic E-state index is 13.8. The van der Waals surface area contributed by atoms with Crippen LogP contribution in [0, 0.1) is 5.82 Å². The number of nitrogens with zero attached hydrogens (tertiary/aromatic N) is 2. The summed E-state index contributed by atoms with van der Waals surface area (Å²) in [5, 5.41) is 11.2. The Labute approximate surface area is 131 Å². The molecular formula is C14H17FN4O2S. The summed E-state index contributed by atoms with van der Waals surface area (Å²) >= 11 is 1.26. The average Bonchev–Trinajstić information content (AvgIpc) is 2.90. The molecule has 0 radical (unpaired) electrons. The lowest BCUT2D eigenvalue weighted by Gasteiger charge is -2.20. The van der Waals surface area contributed by atoms with Crippen molar-refractivity contribution >= 4 is 29.0 Å². The normalized spacial score (nSPS) is 11.1. The van der Waals surface area contributed by atoms with E-state index in [-0.39, 0.29) is 5.69 Å². The van der Waals surface area contributed by atoms with E-state index in [4.69, 9.17) is 4.74 Å². The molecule has 0 spiro atoms. The molecule has 2 rings (SSSR count). The molecule has 0 saturated heterocycles. The van der Waals surface area contributed by atoms with Gasteiger partial charge in [-0.15, -0.1) is 5.10 Å². The van der Waals surface area contributed by atoms with Gasteiger partial charge in [0.15, 0.2) is 0 Å². The van der Waals surface area contributed by atoms with E-state index in [1.54, 1.807) is 26.8 Å². The molecule has 1 aromatic carbocycles. The summed E-state index contributed by atoms with van der Waals surface area (Å²) in [5.41, 5.74) is 0.848. The van der Waals surface area contributed by atoms with Gasteiger partial charge in [-0.25, -0.2) is 9.18 Å². The minimum atomic E-state index is -0.702. The highest BCUT2D eigenvalue weighted by Gasteiger charge is 2.17. The molecule has 2 N–H and O–H groups in total. The molecule has 1 heterocycles. The van der Waals surface area contributed by atoms with Crippen LogP contribution in [-0.4, -0.2) is 21.3 Å². The van der Waals surface area contributed by atoms with E-state index in [0.29, 0.717) is 12.2 Å². The van der Waals surface area contributed by atoms with E-state index in [1.165, 1.54) is 23.7 Å². The number of ether oxygens (including phenoxy) is 1. The Morgan fingerprint density at radius 3 is 2.82 bits per heavy atom. The predicted molar refractivity (Wildman–Crippen MR) is 83.5 cm³/mol. The molecule has 0 saturated carbocycles. The number of rotatable bonds is 4. The molecule has 0 fully saturated rings. The van der Waals surface area contributed by atoms with Gasteiger partial charge in [-0.05, 0) is 50.5 Å². The minimum Gasteiger partial charge on any atom is -0.444 e. The van der Waals surface area contributed by atoms with Gasteiger partial charge in [0.05, 0.1) is 17.9 Å². The maximum atomic E-state index is 13.8. The van der Waals surface area contributed by atoms with Crippen molar-refractivity contribution < 1.29 is 13.9 Å². The number of carbonyl (C=O) groups is 1. The van der Waals surface area contributed by atoms with Gasteiger partial charge < -0.3 is 10.1 Å². The van der Waals surface area contributed by atoms with Crippen LogP contribution in [0.4, 0.5) is 20.6 Å². The lowest BCUT2D eigenvalue weighted by Crippen LogP contribution is -2.27. The summed E-state index contributed by atoms with van der Waals surface area (Å²) in [6.45, 7) is 5.68. The highest BCUT2D eigenvalue weighted by atomic mass is 32.1. The van der Waals surface area contributed by atoms with E-state index < -0.39 is 17.5 Å². The molecule has 0 bridgehead atoms. The summed E-state index contributed by atoms with van der Waals surface area (Å²) < 4.78 is 22.6. The lowest BCUT2D eigenvalue weighted by molar-refractivity contribution is 0.0635. The first-order valence-corrected chi connectivity index (χ1v) is 7.46. The van der Waals surface area contributed by atoms with Crippen molar-refractivity contribution in [2.75, 3.05) is 10.6 Å². The first-order chi connectivity index (χ1) is 10.3. The van der Waals surface area contributed by atoms with E-state index in [0.717, 1.165) is 5.69 Å². The summed E-state index contributed by atoms with van der Waals surface area (Å²) in [5.74, 6) is -0.535. The zero-order valence-corrected chi connectivity index (χ0v) is 13.3. The van der Waals surface area contributed by atoms with E-state index >= 15 is 0 Å². The molecule has 0 unspecified atom stereocenters.